The van der Waals surface area contributed by atoms with Crippen molar-refractivity contribution < 1.29 is 28.3 Å². The minimum Gasteiger partial charge on any atom is -0.390 e. The van der Waals surface area contributed by atoms with Gasteiger partial charge in [0.1, 0.15) is 18.2 Å². The Kier molecular flexibility index (Phi) is 11.4. The number of carbonyl (C=O) groups is 3. The van der Waals surface area contributed by atoms with Crippen LogP contribution in [-0.4, -0.2) is 77.5 Å². The third-order valence-electron chi connectivity index (χ3n) is 6.78. The quantitative estimate of drug-likeness (QED) is 0.317. The number of rotatable bonds is 14. The van der Waals surface area contributed by atoms with Gasteiger partial charge in [-0.25, -0.2) is 8.78 Å². The number of amides is 3. The van der Waals surface area contributed by atoms with Crippen LogP contribution in [0, 0.1) is 11.6 Å². The highest BCUT2D eigenvalue weighted by atomic mass is 19.1. The molecule has 2 aromatic rings. The normalized spacial score (nSPS) is 15.4. The molecule has 212 valence electrons. The van der Waals surface area contributed by atoms with Crippen molar-refractivity contribution in [3.05, 3.63) is 70.8 Å². The summed E-state index contributed by atoms with van der Waals surface area (Å²) in [5.41, 5.74) is 2.49. The summed E-state index contributed by atoms with van der Waals surface area (Å²) in [4.78, 5) is 40.6. The fourth-order valence-electron chi connectivity index (χ4n) is 4.59. The number of benzene rings is 2. The van der Waals surface area contributed by atoms with E-state index in [9.17, 15) is 28.3 Å². The first kappa shape index (κ1) is 30.2. The van der Waals surface area contributed by atoms with Crippen LogP contribution in [0.2, 0.25) is 0 Å². The number of nitrogens with zero attached hydrogens (tertiary/aromatic N) is 2. The lowest BCUT2D eigenvalue weighted by atomic mass is 10.0. The Bertz CT molecular complexity index is 1130. The minimum atomic E-state index is -1.10. The second-order valence-corrected chi connectivity index (χ2v) is 9.90. The SMILES string of the molecule is CCCCN1CCN(CC(=O)N[C@@H](Cc2cc(F)cc(F)c2)[C@H](O)CNCc2cccc(CC)c2)C(=O)C1=O. The molecule has 1 heterocycles. The largest absolute Gasteiger partial charge is 0.390 e. The first-order valence-electron chi connectivity index (χ1n) is 13.5. The van der Waals surface area contributed by atoms with Crippen LogP contribution in [0.5, 0.6) is 0 Å². The summed E-state index contributed by atoms with van der Waals surface area (Å²) in [7, 11) is 0. The van der Waals surface area contributed by atoms with Gasteiger partial charge in [-0.3, -0.25) is 14.4 Å². The van der Waals surface area contributed by atoms with E-state index in [2.05, 4.69) is 23.6 Å². The van der Waals surface area contributed by atoms with E-state index in [4.69, 9.17) is 0 Å². The molecule has 1 fully saturated rings. The first-order chi connectivity index (χ1) is 18.7. The van der Waals surface area contributed by atoms with E-state index in [0.717, 1.165) is 43.0 Å². The van der Waals surface area contributed by atoms with Crippen molar-refractivity contribution in [1.29, 1.82) is 0 Å². The van der Waals surface area contributed by atoms with E-state index in [0.29, 0.717) is 19.6 Å². The number of aryl methyl sites for hydroxylation is 1. The van der Waals surface area contributed by atoms with E-state index in [1.807, 2.05) is 25.1 Å². The van der Waals surface area contributed by atoms with Crippen LogP contribution < -0.4 is 10.6 Å². The number of halogens is 2. The molecule has 3 N–H and O–H groups in total. The van der Waals surface area contributed by atoms with Gasteiger partial charge in [0.25, 0.3) is 0 Å². The van der Waals surface area contributed by atoms with Crippen molar-refractivity contribution in [2.45, 2.75) is 58.2 Å². The minimum absolute atomic E-state index is 0.0355. The van der Waals surface area contributed by atoms with Crippen LogP contribution in [0.1, 0.15) is 43.4 Å². The molecule has 0 saturated carbocycles. The zero-order valence-electron chi connectivity index (χ0n) is 22.6. The number of piperazine rings is 1. The number of hydrogen-bond acceptors (Lipinski definition) is 5. The number of hydrogen-bond donors (Lipinski definition) is 3. The molecule has 39 heavy (non-hydrogen) atoms. The van der Waals surface area contributed by atoms with Gasteiger partial charge in [0.2, 0.25) is 5.91 Å². The summed E-state index contributed by atoms with van der Waals surface area (Å²) in [6.45, 7) is 5.35. The van der Waals surface area contributed by atoms with Crippen LogP contribution in [-0.2, 0) is 33.8 Å². The average Bonchev–Trinajstić information content (AvgIpc) is 2.90. The van der Waals surface area contributed by atoms with Crippen molar-refractivity contribution >= 4 is 17.7 Å². The molecule has 3 rings (SSSR count). The molecular weight excluding hydrogens is 506 g/mol. The van der Waals surface area contributed by atoms with Gasteiger partial charge in [0, 0.05) is 38.8 Å². The smallest absolute Gasteiger partial charge is 0.312 e. The number of aliphatic hydroxyl groups is 1. The van der Waals surface area contributed by atoms with Crippen LogP contribution in [0.4, 0.5) is 8.78 Å². The zero-order chi connectivity index (χ0) is 28.4. The lowest BCUT2D eigenvalue weighted by Gasteiger charge is -2.34. The zero-order valence-corrected chi connectivity index (χ0v) is 22.6. The summed E-state index contributed by atoms with van der Waals surface area (Å²) in [5, 5.41) is 16.8. The predicted molar refractivity (Wildman–Crippen MR) is 144 cm³/mol. The standard InChI is InChI=1S/C29H38F2N4O4/c1-3-5-9-34-10-11-35(29(39)28(34)38)19-27(37)33-25(15-22-13-23(30)16-24(31)14-22)26(36)18-32-17-21-8-6-7-20(4-2)12-21/h6-8,12-14,16,25-26,32,36H,3-5,9-11,15,17-19H2,1-2H3,(H,33,37)/t25-,26+/m0/s1. The molecule has 0 bridgehead atoms. The number of unbranched alkanes of at least 4 members (excludes halogenated alkanes) is 1. The van der Waals surface area contributed by atoms with Crippen molar-refractivity contribution in [3.63, 3.8) is 0 Å². The molecule has 8 nitrogen and oxygen atoms in total. The Morgan fingerprint density at radius 1 is 0.974 bits per heavy atom. The Morgan fingerprint density at radius 2 is 1.64 bits per heavy atom. The second-order valence-electron chi connectivity index (χ2n) is 9.90. The Balaban J connectivity index is 1.64. The van der Waals surface area contributed by atoms with Gasteiger partial charge in [-0.1, -0.05) is 44.5 Å². The van der Waals surface area contributed by atoms with E-state index < -0.39 is 41.5 Å². The van der Waals surface area contributed by atoms with E-state index in [1.54, 1.807) is 0 Å². The van der Waals surface area contributed by atoms with Gasteiger partial charge in [-0.05, 0) is 48.1 Å². The monoisotopic (exact) mass is 544 g/mol. The lowest BCUT2D eigenvalue weighted by molar-refractivity contribution is -0.157. The van der Waals surface area contributed by atoms with Crippen LogP contribution in [0.15, 0.2) is 42.5 Å². The van der Waals surface area contributed by atoms with Crippen molar-refractivity contribution in [2.75, 3.05) is 32.7 Å². The number of aliphatic hydroxyl groups excluding tert-OH is 1. The topological polar surface area (TPSA) is 102 Å². The molecule has 0 unspecified atom stereocenters. The summed E-state index contributed by atoms with van der Waals surface area (Å²) in [5.74, 6) is -3.47. The van der Waals surface area contributed by atoms with Gasteiger partial charge >= 0.3 is 11.8 Å². The average molecular weight is 545 g/mol. The molecule has 0 aliphatic carbocycles. The molecule has 0 spiro atoms. The van der Waals surface area contributed by atoms with Gasteiger partial charge < -0.3 is 25.5 Å². The number of carbonyl (C=O) groups excluding carboxylic acids is 3. The molecule has 3 amide bonds. The van der Waals surface area contributed by atoms with Crippen LogP contribution in [0.25, 0.3) is 0 Å². The van der Waals surface area contributed by atoms with E-state index >= 15 is 0 Å². The Labute approximate surface area is 228 Å². The Hall–Kier alpha value is -3.37. The third kappa shape index (κ3) is 9.11. The summed E-state index contributed by atoms with van der Waals surface area (Å²) in [6, 6.07) is 10.2. The summed E-state index contributed by atoms with van der Waals surface area (Å²) >= 11 is 0. The molecule has 0 aromatic heterocycles. The van der Waals surface area contributed by atoms with Crippen LogP contribution >= 0.6 is 0 Å². The van der Waals surface area contributed by atoms with Gasteiger partial charge in [-0.15, -0.1) is 0 Å². The summed E-state index contributed by atoms with van der Waals surface area (Å²) < 4.78 is 27.6. The lowest BCUT2D eigenvalue weighted by Crippen LogP contribution is -2.57. The maximum Gasteiger partial charge on any atom is 0.312 e. The first-order valence-corrected chi connectivity index (χ1v) is 13.5. The molecular formula is C29H38F2N4O4. The highest BCUT2D eigenvalue weighted by molar-refractivity contribution is 6.35. The maximum absolute atomic E-state index is 13.8. The van der Waals surface area contributed by atoms with Gasteiger partial charge in [-0.2, -0.15) is 0 Å². The molecule has 1 aliphatic heterocycles. The third-order valence-corrected chi connectivity index (χ3v) is 6.78. The molecule has 1 saturated heterocycles. The molecule has 2 aromatic carbocycles. The highest BCUT2D eigenvalue weighted by Crippen LogP contribution is 2.13. The van der Waals surface area contributed by atoms with Gasteiger partial charge in [0.15, 0.2) is 0 Å². The van der Waals surface area contributed by atoms with E-state index in [1.165, 1.54) is 15.4 Å². The van der Waals surface area contributed by atoms with Crippen molar-refractivity contribution in [2.24, 2.45) is 0 Å². The maximum atomic E-state index is 13.8. The predicted octanol–water partition coefficient (Wildman–Crippen LogP) is 2.18. The fourth-order valence-corrected chi connectivity index (χ4v) is 4.59. The van der Waals surface area contributed by atoms with Gasteiger partial charge in [0.05, 0.1) is 12.1 Å². The molecule has 2 atom stereocenters. The van der Waals surface area contributed by atoms with Crippen molar-refractivity contribution in [3.8, 4) is 0 Å². The molecule has 10 heteroatoms. The highest BCUT2D eigenvalue weighted by Gasteiger charge is 2.33. The second kappa shape index (κ2) is 14.7. The van der Waals surface area contributed by atoms with E-state index in [-0.39, 0.29) is 31.6 Å². The summed E-state index contributed by atoms with van der Waals surface area (Å²) in [6.07, 6.45) is 1.45. The fraction of sp³-hybridized carbons (Fsp3) is 0.483. The van der Waals surface area contributed by atoms with Crippen molar-refractivity contribution in [1.82, 2.24) is 20.4 Å². The molecule has 1 aliphatic rings. The number of nitrogens with one attached hydrogen (secondary N) is 2. The molecule has 0 radical (unpaired) electrons. The Morgan fingerprint density at radius 3 is 2.33 bits per heavy atom. The van der Waals surface area contributed by atoms with Crippen LogP contribution in [0.3, 0.4) is 0 Å².